The summed E-state index contributed by atoms with van der Waals surface area (Å²) in [5, 5.41) is 6.32. The fourth-order valence-corrected chi connectivity index (χ4v) is 3.63. The number of carbonyl (C=O) groups excluding carboxylic acids is 3. The van der Waals surface area contributed by atoms with Crippen LogP contribution in [-0.2, 0) is 11.0 Å². The van der Waals surface area contributed by atoms with Gasteiger partial charge < -0.3 is 5.32 Å². The topological polar surface area (TPSA) is 97.2 Å². The molecule has 0 radical (unpaired) electrons. The lowest BCUT2D eigenvalue weighted by molar-refractivity contribution is -0.137. The Hall–Kier alpha value is -3.44. The summed E-state index contributed by atoms with van der Waals surface area (Å²) in [5.41, 5.74) is -1.22. The van der Waals surface area contributed by atoms with Gasteiger partial charge in [0.05, 0.1) is 38.1 Å². The standard InChI is InChI=1S/C20H12Cl2F3N5O3/c1-9(30-18(32)11-5-13(21)14(22)6-12(11)19(30)33)17(31)28-15-4-10(20(23,24)25)2-3-16(15)29-8-26-7-27-29/h2-9H,1H3,(H,28,31)/t9-/m0/s1. The molecule has 1 atom stereocenters. The zero-order valence-electron chi connectivity index (χ0n) is 16.5. The summed E-state index contributed by atoms with van der Waals surface area (Å²) in [6.07, 6.45) is -2.27. The van der Waals surface area contributed by atoms with Crippen LogP contribution in [0.4, 0.5) is 18.9 Å². The van der Waals surface area contributed by atoms with E-state index in [4.69, 9.17) is 23.2 Å². The van der Waals surface area contributed by atoms with Crippen molar-refractivity contribution in [2.45, 2.75) is 19.1 Å². The van der Waals surface area contributed by atoms with Gasteiger partial charge in [0.1, 0.15) is 18.7 Å². The molecule has 2 aromatic carbocycles. The van der Waals surface area contributed by atoms with E-state index in [1.807, 2.05) is 0 Å². The fourth-order valence-electron chi connectivity index (χ4n) is 3.30. The molecule has 13 heteroatoms. The number of halogens is 5. The monoisotopic (exact) mass is 497 g/mol. The zero-order chi connectivity index (χ0) is 24.1. The molecule has 0 bridgehead atoms. The molecule has 0 saturated heterocycles. The first-order valence-electron chi connectivity index (χ1n) is 9.23. The quantitative estimate of drug-likeness (QED) is 0.544. The normalized spacial score (nSPS) is 14.4. The Morgan fingerprint density at radius 3 is 2.18 bits per heavy atom. The Morgan fingerprint density at radius 1 is 1.06 bits per heavy atom. The molecule has 1 N–H and O–H groups in total. The Balaban J connectivity index is 1.66. The highest BCUT2D eigenvalue weighted by Crippen LogP contribution is 2.35. The SMILES string of the molecule is C[C@@H](C(=O)Nc1cc(C(F)(F)F)ccc1-n1cncn1)N1C(=O)c2cc(Cl)c(Cl)cc2C1=O. The Kier molecular flexibility index (Phi) is 5.62. The summed E-state index contributed by atoms with van der Waals surface area (Å²) in [5.74, 6) is -2.46. The molecule has 0 unspecified atom stereocenters. The van der Waals surface area contributed by atoms with Crippen LogP contribution in [0.25, 0.3) is 5.69 Å². The lowest BCUT2D eigenvalue weighted by Crippen LogP contribution is -2.45. The van der Waals surface area contributed by atoms with Crippen molar-refractivity contribution in [3.05, 3.63) is 69.7 Å². The molecule has 0 spiro atoms. The number of hydrogen-bond acceptors (Lipinski definition) is 5. The maximum atomic E-state index is 13.2. The number of hydrogen-bond donors (Lipinski definition) is 1. The number of rotatable bonds is 4. The first kappa shape index (κ1) is 22.7. The molecule has 3 amide bonds. The molecule has 1 aliphatic rings. The lowest BCUT2D eigenvalue weighted by atomic mass is 10.1. The van der Waals surface area contributed by atoms with Gasteiger partial charge >= 0.3 is 6.18 Å². The van der Waals surface area contributed by atoms with E-state index in [0.29, 0.717) is 4.90 Å². The molecule has 3 aromatic rings. The molecule has 0 saturated carbocycles. The number of fused-ring (bicyclic) bond motifs is 1. The van der Waals surface area contributed by atoms with Gasteiger partial charge in [0, 0.05) is 0 Å². The van der Waals surface area contributed by atoms with Crippen molar-refractivity contribution in [3.8, 4) is 5.69 Å². The number of aromatic nitrogens is 3. The smallest absolute Gasteiger partial charge is 0.322 e. The van der Waals surface area contributed by atoms with Gasteiger partial charge in [0.15, 0.2) is 0 Å². The van der Waals surface area contributed by atoms with E-state index < -0.39 is 35.5 Å². The molecule has 0 fully saturated rings. The minimum absolute atomic E-state index is 0.0311. The number of benzene rings is 2. The summed E-state index contributed by atoms with van der Waals surface area (Å²) >= 11 is 11.8. The van der Waals surface area contributed by atoms with E-state index in [2.05, 4.69) is 15.4 Å². The predicted molar refractivity (Wildman–Crippen MR) is 111 cm³/mol. The van der Waals surface area contributed by atoms with Crippen molar-refractivity contribution >= 4 is 46.6 Å². The average Bonchev–Trinajstić information content (AvgIpc) is 3.35. The van der Waals surface area contributed by atoms with Gasteiger partial charge in [-0.25, -0.2) is 9.67 Å². The number of carbonyl (C=O) groups is 3. The van der Waals surface area contributed by atoms with Crippen LogP contribution < -0.4 is 5.32 Å². The van der Waals surface area contributed by atoms with E-state index in [-0.39, 0.29) is 32.5 Å². The summed E-state index contributed by atoms with van der Waals surface area (Å²) in [7, 11) is 0. The predicted octanol–water partition coefficient (Wildman–Crippen LogP) is 4.22. The summed E-state index contributed by atoms with van der Waals surface area (Å²) in [4.78, 5) is 42.9. The van der Waals surface area contributed by atoms with Crippen LogP contribution in [0.5, 0.6) is 0 Å². The maximum absolute atomic E-state index is 13.2. The van der Waals surface area contributed by atoms with E-state index in [1.54, 1.807) is 0 Å². The van der Waals surface area contributed by atoms with Gasteiger partial charge in [-0.1, -0.05) is 23.2 Å². The molecule has 170 valence electrons. The number of alkyl halides is 3. The van der Waals surface area contributed by atoms with Crippen molar-refractivity contribution in [3.63, 3.8) is 0 Å². The number of amides is 3. The van der Waals surface area contributed by atoms with Crippen LogP contribution in [0.3, 0.4) is 0 Å². The third-order valence-electron chi connectivity index (χ3n) is 4.97. The van der Waals surface area contributed by atoms with Crippen LogP contribution in [-0.4, -0.2) is 43.4 Å². The molecule has 4 rings (SSSR count). The summed E-state index contributed by atoms with van der Waals surface area (Å²) < 4.78 is 40.9. The van der Waals surface area contributed by atoms with Crippen molar-refractivity contribution in [2.24, 2.45) is 0 Å². The van der Waals surface area contributed by atoms with Gasteiger partial charge in [-0.2, -0.15) is 18.3 Å². The van der Waals surface area contributed by atoms with Crippen molar-refractivity contribution < 1.29 is 27.6 Å². The highest BCUT2D eigenvalue weighted by Gasteiger charge is 2.41. The van der Waals surface area contributed by atoms with Gasteiger partial charge in [0.2, 0.25) is 5.91 Å². The fraction of sp³-hybridized carbons (Fsp3) is 0.150. The van der Waals surface area contributed by atoms with Crippen LogP contribution >= 0.6 is 23.2 Å². The molecule has 0 aliphatic carbocycles. The van der Waals surface area contributed by atoms with Gasteiger partial charge in [-0.3, -0.25) is 19.3 Å². The largest absolute Gasteiger partial charge is 0.416 e. The highest BCUT2D eigenvalue weighted by atomic mass is 35.5. The van der Waals surface area contributed by atoms with Crippen LogP contribution in [0.1, 0.15) is 33.2 Å². The lowest BCUT2D eigenvalue weighted by Gasteiger charge is -2.22. The zero-order valence-corrected chi connectivity index (χ0v) is 18.0. The molecule has 1 aliphatic heterocycles. The third-order valence-corrected chi connectivity index (χ3v) is 5.70. The van der Waals surface area contributed by atoms with Crippen molar-refractivity contribution in [1.29, 1.82) is 0 Å². The highest BCUT2D eigenvalue weighted by molar-refractivity contribution is 6.43. The Morgan fingerprint density at radius 2 is 1.67 bits per heavy atom. The third kappa shape index (κ3) is 4.05. The van der Waals surface area contributed by atoms with Crippen LogP contribution in [0.15, 0.2) is 43.0 Å². The first-order chi connectivity index (χ1) is 15.5. The molecular weight excluding hydrogens is 486 g/mol. The molecular formula is C20H12Cl2F3N5O3. The van der Waals surface area contributed by atoms with Crippen LogP contribution in [0.2, 0.25) is 10.0 Å². The molecule has 2 heterocycles. The second kappa shape index (κ2) is 8.16. The Labute approximate surface area is 193 Å². The number of anilines is 1. The maximum Gasteiger partial charge on any atom is 0.416 e. The number of nitrogens with one attached hydrogen (secondary N) is 1. The average molecular weight is 498 g/mol. The summed E-state index contributed by atoms with van der Waals surface area (Å²) in [6, 6.07) is 3.74. The molecule has 33 heavy (non-hydrogen) atoms. The summed E-state index contributed by atoms with van der Waals surface area (Å²) in [6.45, 7) is 1.27. The van der Waals surface area contributed by atoms with E-state index >= 15 is 0 Å². The minimum Gasteiger partial charge on any atom is -0.322 e. The van der Waals surface area contributed by atoms with E-state index in [1.165, 1.54) is 31.7 Å². The number of imide groups is 1. The molecule has 8 nitrogen and oxygen atoms in total. The van der Waals surface area contributed by atoms with Gasteiger partial charge in [-0.15, -0.1) is 0 Å². The van der Waals surface area contributed by atoms with Gasteiger partial charge in [-0.05, 0) is 37.3 Å². The van der Waals surface area contributed by atoms with Crippen molar-refractivity contribution in [1.82, 2.24) is 19.7 Å². The first-order valence-corrected chi connectivity index (χ1v) is 9.98. The number of nitrogens with zero attached hydrogens (tertiary/aromatic N) is 4. The van der Waals surface area contributed by atoms with E-state index in [0.717, 1.165) is 22.9 Å². The van der Waals surface area contributed by atoms with Gasteiger partial charge in [0.25, 0.3) is 11.8 Å². The second-order valence-electron chi connectivity index (χ2n) is 7.03. The van der Waals surface area contributed by atoms with E-state index in [9.17, 15) is 27.6 Å². The van der Waals surface area contributed by atoms with Crippen LogP contribution in [0, 0.1) is 0 Å². The minimum atomic E-state index is -4.67. The second-order valence-corrected chi connectivity index (χ2v) is 7.84. The molecule has 1 aromatic heterocycles. The Bertz CT molecular complexity index is 1250. The van der Waals surface area contributed by atoms with Crippen molar-refractivity contribution in [2.75, 3.05) is 5.32 Å².